The standard InChI is InChI=1S/C36H65N2O7P/c1-3-5-7-9-11-13-15-16-18-20-22-24-26-28-35(40)34(32-45-46(42,43)44-30-29-37)38-36(41)31-33(39)27-25-23-21-19-17-14-12-10-8-6-4-2/h11,13,18-21,25-28,33-35,39-40H,3-10,12,14-17,22-24,29-32,37H2,1-2H3,(H,38,41)(H,42,43)/b13-11+,20-18+,21-19-,27-25-,28-26+. The lowest BCUT2D eigenvalue weighted by Gasteiger charge is -2.23. The maximum absolute atomic E-state index is 12.7. The van der Waals surface area contributed by atoms with Gasteiger partial charge in [-0.3, -0.25) is 13.8 Å². The molecule has 0 saturated carbocycles. The number of hydrogen-bond acceptors (Lipinski definition) is 7. The van der Waals surface area contributed by atoms with Crippen LogP contribution in [0.2, 0.25) is 0 Å². The molecule has 1 amide bonds. The lowest BCUT2D eigenvalue weighted by Crippen LogP contribution is -2.46. The molecule has 0 aliphatic heterocycles. The molecule has 0 saturated heterocycles. The molecular weight excluding hydrogens is 603 g/mol. The fourth-order valence-electron chi connectivity index (χ4n) is 4.44. The van der Waals surface area contributed by atoms with Gasteiger partial charge in [-0.15, -0.1) is 0 Å². The minimum absolute atomic E-state index is 0.0317. The number of nitrogens with two attached hydrogens (primary N) is 1. The first-order valence-corrected chi connectivity index (χ1v) is 19.0. The van der Waals surface area contributed by atoms with E-state index in [1.807, 2.05) is 6.08 Å². The van der Waals surface area contributed by atoms with Gasteiger partial charge in [0.2, 0.25) is 5.91 Å². The van der Waals surface area contributed by atoms with Crippen molar-refractivity contribution >= 4 is 13.7 Å². The van der Waals surface area contributed by atoms with Crippen molar-refractivity contribution in [1.29, 1.82) is 0 Å². The molecule has 0 aromatic carbocycles. The molecular formula is C36H65N2O7P. The van der Waals surface area contributed by atoms with E-state index in [9.17, 15) is 24.5 Å². The van der Waals surface area contributed by atoms with Crippen molar-refractivity contribution in [2.24, 2.45) is 5.73 Å². The molecule has 0 aromatic rings. The molecule has 4 unspecified atom stereocenters. The molecule has 6 N–H and O–H groups in total. The summed E-state index contributed by atoms with van der Waals surface area (Å²) in [5, 5.41) is 23.6. The smallest absolute Gasteiger partial charge is 0.389 e. The largest absolute Gasteiger partial charge is 0.472 e. The highest BCUT2D eigenvalue weighted by Crippen LogP contribution is 2.43. The Kier molecular flexibility index (Phi) is 30.5. The minimum atomic E-state index is -4.42. The van der Waals surface area contributed by atoms with E-state index in [1.165, 1.54) is 63.9 Å². The number of carbonyl (C=O) groups excluding carboxylic acids is 1. The molecule has 4 atom stereocenters. The topological polar surface area (TPSA) is 151 Å². The number of aliphatic hydroxyl groups is 2. The lowest BCUT2D eigenvalue weighted by molar-refractivity contribution is -0.124. The van der Waals surface area contributed by atoms with E-state index < -0.39 is 38.6 Å². The van der Waals surface area contributed by atoms with Crippen LogP contribution in [0.5, 0.6) is 0 Å². The van der Waals surface area contributed by atoms with Gasteiger partial charge in [-0.1, -0.05) is 120 Å². The van der Waals surface area contributed by atoms with Crippen LogP contribution in [0, 0.1) is 0 Å². The zero-order valence-electron chi connectivity index (χ0n) is 28.6. The van der Waals surface area contributed by atoms with Crippen molar-refractivity contribution in [1.82, 2.24) is 5.32 Å². The van der Waals surface area contributed by atoms with Crippen LogP contribution in [-0.4, -0.2) is 59.0 Å². The second-order valence-electron chi connectivity index (χ2n) is 11.5. The van der Waals surface area contributed by atoms with Gasteiger partial charge in [0, 0.05) is 6.54 Å². The van der Waals surface area contributed by atoms with Gasteiger partial charge in [0.1, 0.15) is 0 Å². The summed E-state index contributed by atoms with van der Waals surface area (Å²) >= 11 is 0. The van der Waals surface area contributed by atoms with E-state index in [4.69, 9.17) is 14.8 Å². The van der Waals surface area contributed by atoms with Crippen molar-refractivity contribution in [3.63, 3.8) is 0 Å². The average Bonchev–Trinajstić information content (AvgIpc) is 3.03. The van der Waals surface area contributed by atoms with Gasteiger partial charge in [-0.2, -0.15) is 0 Å². The number of nitrogens with one attached hydrogen (secondary N) is 1. The lowest BCUT2D eigenvalue weighted by atomic mass is 10.1. The number of phosphoric acid groups is 1. The Morgan fingerprint density at radius 2 is 1.28 bits per heavy atom. The second-order valence-corrected chi connectivity index (χ2v) is 13.0. The van der Waals surface area contributed by atoms with E-state index in [-0.39, 0.29) is 19.6 Å². The van der Waals surface area contributed by atoms with Crippen molar-refractivity contribution in [2.75, 3.05) is 19.8 Å². The van der Waals surface area contributed by atoms with Gasteiger partial charge in [-0.05, 0) is 57.8 Å². The third-order valence-electron chi connectivity index (χ3n) is 7.11. The summed E-state index contributed by atoms with van der Waals surface area (Å²) in [6.45, 7) is 3.80. The number of unbranched alkanes of at least 4 members (excludes halogenated alkanes) is 11. The molecule has 0 radical (unpaired) electrons. The van der Waals surface area contributed by atoms with Gasteiger partial charge in [-0.25, -0.2) is 4.57 Å². The number of aliphatic hydroxyl groups excluding tert-OH is 2. The molecule has 0 heterocycles. The number of allylic oxidation sites excluding steroid dienone is 8. The fraction of sp³-hybridized carbons (Fsp3) is 0.694. The molecule has 0 aliphatic rings. The number of hydrogen-bond donors (Lipinski definition) is 5. The first-order chi connectivity index (χ1) is 22.3. The molecule has 9 nitrogen and oxygen atoms in total. The van der Waals surface area contributed by atoms with Crippen LogP contribution in [0.1, 0.15) is 123 Å². The van der Waals surface area contributed by atoms with Crippen LogP contribution in [0.15, 0.2) is 60.8 Å². The summed E-state index contributed by atoms with van der Waals surface area (Å²) < 4.78 is 21.9. The van der Waals surface area contributed by atoms with E-state index in [0.717, 1.165) is 32.1 Å². The highest BCUT2D eigenvalue weighted by molar-refractivity contribution is 7.47. The van der Waals surface area contributed by atoms with Gasteiger partial charge in [0.05, 0.1) is 37.9 Å². The molecule has 266 valence electrons. The highest BCUT2D eigenvalue weighted by atomic mass is 31.2. The summed E-state index contributed by atoms with van der Waals surface area (Å²) in [6.07, 6.45) is 34.8. The zero-order chi connectivity index (χ0) is 34.1. The maximum atomic E-state index is 12.7. The highest BCUT2D eigenvalue weighted by Gasteiger charge is 2.27. The molecule has 0 bridgehead atoms. The summed E-state index contributed by atoms with van der Waals surface area (Å²) in [5.74, 6) is -0.533. The van der Waals surface area contributed by atoms with E-state index in [2.05, 4.69) is 55.6 Å². The van der Waals surface area contributed by atoms with Crippen LogP contribution in [0.3, 0.4) is 0 Å². The van der Waals surface area contributed by atoms with Gasteiger partial charge >= 0.3 is 7.82 Å². The van der Waals surface area contributed by atoms with Crippen LogP contribution >= 0.6 is 7.82 Å². The molecule has 0 spiro atoms. The SMILES string of the molecule is CCCCC/C=C/CC/C=C/CC/C=C/C(O)C(COP(=O)(O)OCCN)NC(=O)CC(O)/C=C\C/C=C\CCCCCCCC. The Bertz CT molecular complexity index is 920. The Labute approximate surface area is 279 Å². The molecule has 0 rings (SSSR count). The third-order valence-corrected chi connectivity index (χ3v) is 8.09. The molecule has 0 aromatic heterocycles. The minimum Gasteiger partial charge on any atom is -0.389 e. The Morgan fingerprint density at radius 1 is 0.739 bits per heavy atom. The van der Waals surface area contributed by atoms with Gasteiger partial charge in [0.15, 0.2) is 0 Å². The third kappa shape index (κ3) is 29.6. The van der Waals surface area contributed by atoms with Crippen molar-refractivity contribution in [3.05, 3.63) is 60.8 Å². The first kappa shape index (κ1) is 44.2. The molecule has 46 heavy (non-hydrogen) atoms. The quantitative estimate of drug-likeness (QED) is 0.0286. The summed E-state index contributed by atoms with van der Waals surface area (Å²) in [7, 11) is -4.42. The average molecular weight is 669 g/mol. The van der Waals surface area contributed by atoms with Gasteiger partial charge in [0.25, 0.3) is 0 Å². The monoisotopic (exact) mass is 668 g/mol. The Hall–Kier alpha value is -1.84. The fourth-order valence-corrected chi connectivity index (χ4v) is 5.20. The molecule has 0 fully saturated rings. The Morgan fingerprint density at radius 3 is 1.93 bits per heavy atom. The number of phosphoric ester groups is 1. The van der Waals surface area contributed by atoms with Crippen molar-refractivity contribution < 1.29 is 33.5 Å². The first-order valence-electron chi connectivity index (χ1n) is 17.5. The van der Waals surface area contributed by atoms with Gasteiger partial charge < -0.3 is 26.2 Å². The predicted octanol–water partition coefficient (Wildman–Crippen LogP) is 7.74. The summed E-state index contributed by atoms with van der Waals surface area (Å²) in [6, 6.07) is -1.04. The predicted molar refractivity (Wildman–Crippen MR) is 190 cm³/mol. The zero-order valence-corrected chi connectivity index (χ0v) is 29.5. The van der Waals surface area contributed by atoms with Crippen molar-refractivity contribution in [3.8, 4) is 0 Å². The number of rotatable bonds is 31. The maximum Gasteiger partial charge on any atom is 0.472 e. The Balaban J connectivity index is 4.72. The van der Waals surface area contributed by atoms with Crippen LogP contribution in [0.4, 0.5) is 0 Å². The summed E-state index contributed by atoms with van der Waals surface area (Å²) in [5.41, 5.74) is 5.32. The van der Waals surface area contributed by atoms with E-state index >= 15 is 0 Å². The van der Waals surface area contributed by atoms with Crippen LogP contribution in [0.25, 0.3) is 0 Å². The summed E-state index contributed by atoms with van der Waals surface area (Å²) in [4.78, 5) is 22.5. The van der Waals surface area contributed by atoms with Crippen molar-refractivity contribution in [2.45, 2.75) is 141 Å². The number of amides is 1. The molecule has 0 aliphatic carbocycles. The molecule has 10 heteroatoms. The van der Waals surface area contributed by atoms with E-state index in [0.29, 0.717) is 12.8 Å². The van der Waals surface area contributed by atoms with Crippen LogP contribution < -0.4 is 11.1 Å². The second kappa shape index (κ2) is 31.7. The van der Waals surface area contributed by atoms with E-state index in [1.54, 1.807) is 12.2 Å². The normalized spacial score (nSPS) is 15.9. The van der Waals surface area contributed by atoms with Crippen LogP contribution in [-0.2, 0) is 18.4 Å². The number of carbonyl (C=O) groups is 1.